The van der Waals surface area contributed by atoms with Crippen LogP contribution >= 0.6 is 11.8 Å². The van der Waals surface area contributed by atoms with Crippen molar-refractivity contribution in [1.82, 2.24) is 9.97 Å². The average molecular weight is 253 g/mol. The van der Waals surface area contributed by atoms with Crippen molar-refractivity contribution < 1.29 is 0 Å². The van der Waals surface area contributed by atoms with Gasteiger partial charge in [0.15, 0.2) is 5.16 Å². The predicted octanol–water partition coefficient (Wildman–Crippen LogP) is 1.94. The molecule has 5 nitrogen and oxygen atoms in total. The summed E-state index contributed by atoms with van der Waals surface area (Å²) in [6.07, 6.45) is 4.70. The van der Waals surface area contributed by atoms with Crippen LogP contribution in [-0.2, 0) is 0 Å². The number of rotatable bonds is 6. The largest absolute Gasteiger partial charge is 0.370 e. The van der Waals surface area contributed by atoms with Crippen molar-refractivity contribution in [2.75, 3.05) is 23.5 Å². The molecule has 1 aromatic rings. The van der Waals surface area contributed by atoms with Crippen LogP contribution in [0.15, 0.2) is 11.2 Å². The summed E-state index contributed by atoms with van der Waals surface area (Å²) in [7, 11) is 0. The highest BCUT2D eigenvalue weighted by molar-refractivity contribution is 7.98. The second-order valence-electron chi connectivity index (χ2n) is 4.47. The Bertz CT molecular complexity index is 358. The van der Waals surface area contributed by atoms with E-state index < -0.39 is 0 Å². The molecule has 1 fully saturated rings. The summed E-state index contributed by atoms with van der Waals surface area (Å²) >= 11 is 1.51. The molecule has 0 amide bonds. The number of nitrogens with one attached hydrogen (secondary N) is 2. The van der Waals surface area contributed by atoms with Gasteiger partial charge in [0, 0.05) is 12.6 Å². The molecule has 0 aromatic carbocycles. The quantitative estimate of drug-likeness (QED) is 0.311. The minimum Gasteiger partial charge on any atom is -0.370 e. The first kappa shape index (κ1) is 12.4. The van der Waals surface area contributed by atoms with Gasteiger partial charge < -0.3 is 10.7 Å². The van der Waals surface area contributed by atoms with Gasteiger partial charge in [0.25, 0.3) is 0 Å². The normalized spacial score (nSPS) is 16.6. The Morgan fingerprint density at radius 2 is 2.18 bits per heavy atom. The first-order valence-corrected chi connectivity index (χ1v) is 7.09. The third-order valence-electron chi connectivity index (χ3n) is 3.07. The fourth-order valence-electron chi connectivity index (χ4n) is 1.78. The van der Waals surface area contributed by atoms with E-state index in [9.17, 15) is 0 Å². The molecular formula is C11H19N5S. The third-order valence-corrected chi connectivity index (χ3v) is 3.62. The lowest BCUT2D eigenvalue weighted by Crippen LogP contribution is -2.15. The van der Waals surface area contributed by atoms with Crippen LogP contribution in [0.25, 0.3) is 0 Å². The number of hydrazine groups is 1. The molecule has 0 aliphatic heterocycles. The van der Waals surface area contributed by atoms with Gasteiger partial charge >= 0.3 is 0 Å². The van der Waals surface area contributed by atoms with Gasteiger partial charge in [0.1, 0.15) is 11.6 Å². The molecule has 1 aromatic heterocycles. The zero-order valence-electron chi connectivity index (χ0n) is 10.2. The topological polar surface area (TPSA) is 75.9 Å². The van der Waals surface area contributed by atoms with E-state index in [2.05, 4.69) is 27.6 Å². The molecule has 1 aliphatic carbocycles. The van der Waals surface area contributed by atoms with Crippen molar-refractivity contribution in [2.45, 2.75) is 24.9 Å². The maximum Gasteiger partial charge on any atom is 0.191 e. The fourth-order valence-corrected chi connectivity index (χ4v) is 2.16. The minimum atomic E-state index is 0.644. The zero-order chi connectivity index (χ0) is 12.3. The highest BCUT2D eigenvalue weighted by atomic mass is 32.2. The second-order valence-corrected chi connectivity index (χ2v) is 5.24. The van der Waals surface area contributed by atoms with Crippen LogP contribution in [0.5, 0.6) is 0 Å². The third kappa shape index (κ3) is 3.47. The van der Waals surface area contributed by atoms with Gasteiger partial charge in [-0.1, -0.05) is 18.7 Å². The molecule has 4 N–H and O–H groups in total. The van der Waals surface area contributed by atoms with Crippen LogP contribution in [0.3, 0.4) is 0 Å². The molecule has 1 unspecified atom stereocenters. The Balaban J connectivity index is 1.98. The molecule has 1 atom stereocenters. The van der Waals surface area contributed by atoms with Gasteiger partial charge in [0.2, 0.25) is 0 Å². The smallest absolute Gasteiger partial charge is 0.191 e. The SMILES string of the molecule is CSc1nc(NN)cc(NCC(C)C2CC2)n1. The second kappa shape index (κ2) is 5.55. The first-order chi connectivity index (χ1) is 8.22. The molecule has 1 aliphatic rings. The van der Waals surface area contributed by atoms with Crippen molar-refractivity contribution >= 4 is 23.4 Å². The van der Waals surface area contributed by atoms with Gasteiger partial charge in [0.05, 0.1) is 0 Å². The Morgan fingerprint density at radius 1 is 1.47 bits per heavy atom. The Hall–Kier alpha value is -1.01. The molecule has 0 spiro atoms. The molecule has 2 rings (SSSR count). The molecule has 94 valence electrons. The van der Waals surface area contributed by atoms with Crippen LogP contribution in [0.2, 0.25) is 0 Å². The molecule has 0 bridgehead atoms. The number of thioether (sulfide) groups is 1. The molecule has 6 heteroatoms. The first-order valence-electron chi connectivity index (χ1n) is 5.86. The maximum absolute atomic E-state index is 5.38. The molecule has 1 saturated carbocycles. The van der Waals surface area contributed by atoms with E-state index in [0.717, 1.165) is 23.4 Å². The van der Waals surface area contributed by atoms with E-state index in [0.29, 0.717) is 11.7 Å². The summed E-state index contributed by atoms with van der Waals surface area (Å²) in [5.74, 6) is 8.47. The van der Waals surface area contributed by atoms with E-state index in [1.165, 1.54) is 24.6 Å². The lowest BCUT2D eigenvalue weighted by Gasteiger charge is -2.13. The van der Waals surface area contributed by atoms with Crippen LogP contribution < -0.4 is 16.6 Å². The van der Waals surface area contributed by atoms with Gasteiger partial charge in [-0.15, -0.1) is 0 Å². The van der Waals surface area contributed by atoms with E-state index >= 15 is 0 Å². The van der Waals surface area contributed by atoms with Crippen LogP contribution in [0.1, 0.15) is 19.8 Å². The molecular weight excluding hydrogens is 234 g/mol. The highest BCUT2D eigenvalue weighted by Crippen LogP contribution is 2.36. The van der Waals surface area contributed by atoms with E-state index in [1.807, 2.05) is 12.3 Å². The number of nitrogens with zero attached hydrogens (tertiary/aromatic N) is 2. The molecule has 0 radical (unpaired) electrons. The Labute approximate surface area is 106 Å². The summed E-state index contributed by atoms with van der Waals surface area (Å²) in [5, 5.41) is 4.08. The highest BCUT2D eigenvalue weighted by Gasteiger charge is 2.27. The molecule has 17 heavy (non-hydrogen) atoms. The minimum absolute atomic E-state index is 0.644. The van der Waals surface area contributed by atoms with Gasteiger partial charge in [-0.3, -0.25) is 0 Å². The fraction of sp³-hybridized carbons (Fsp3) is 0.636. The number of hydrogen-bond acceptors (Lipinski definition) is 6. The van der Waals surface area contributed by atoms with Crippen molar-refractivity contribution in [2.24, 2.45) is 17.7 Å². The Morgan fingerprint density at radius 3 is 2.76 bits per heavy atom. The Kier molecular flexibility index (Phi) is 4.06. The number of nitrogens with two attached hydrogens (primary N) is 1. The average Bonchev–Trinajstić information content (AvgIpc) is 3.19. The summed E-state index contributed by atoms with van der Waals surface area (Å²) in [6.45, 7) is 3.24. The number of aromatic nitrogens is 2. The zero-order valence-corrected chi connectivity index (χ0v) is 11.0. The lowest BCUT2D eigenvalue weighted by molar-refractivity contribution is 0.535. The van der Waals surface area contributed by atoms with Crippen molar-refractivity contribution in [1.29, 1.82) is 0 Å². The lowest BCUT2D eigenvalue weighted by atomic mass is 10.1. The van der Waals surface area contributed by atoms with Gasteiger partial charge in [-0.2, -0.15) is 0 Å². The maximum atomic E-state index is 5.38. The van der Waals surface area contributed by atoms with E-state index in [1.54, 1.807) is 0 Å². The monoisotopic (exact) mass is 253 g/mol. The van der Waals surface area contributed by atoms with Crippen molar-refractivity contribution in [3.05, 3.63) is 6.07 Å². The van der Waals surface area contributed by atoms with Crippen molar-refractivity contribution in [3.8, 4) is 0 Å². The number of nitrogen functional groups attached to an aromatic ring is 1. The summed E-state index contributed by atoms with van der Waals surface area (Å²) < 4.78 is 0. The van der Waals surface area contributed by atoms with Crippen molar-refractivity contribution in [3.63, 3.8) is 0 Å². The van der Waals surface area contributed by atoms with Crippen LogP contribution in [-0.4, -0.2) is 22.8 Å². The number of anilines is 2. The van der Waals surface area contributed by atoms with Crippen LogP contribution in [0.4, 0.5) is 11.6 Å². The summed E-state index contributed by atoms with van der Waals surface area (Å²) in [6, 6.07) is 1.83. The summed E-state index contributed by atoms with van der Waals surface area (Å²) in [4.78, 5) is 8.62. The molecule has 0 saturated heterocycles. The van der Waals surface area contributed by atoms with Gasteiger partial charge in [-0.25, -0.2) is 15.8 Å². The predicted molar refractivity (Wildman–Crippen MR) is 72.0 cm³/mol. The van der Waals surface area contributed by atoms with E-state index in [-0.39, 0.29) is 0 Å². The summed E-state index contributed by atoms with van der Waals surface area (Å²) in [5.41, 5.74) is 2.56. The number of hydrogen-bond donors (Lipinski definition) is 3. The standard InChI is InChI=1S/C11H19N5S/c1-7(8-3-4-8)6-13-9-5-10(16-12)15-11(14-9)17-2/h5,7-8H,3-4,6,12H2,1-2H3,(H2,13,14,15,16). The van der Waals surface area contributed by atoms with Gasteiger partial charge in [-0.05, 0) is 30.9 Å². The van der Waals surface area contributed by atoms with E-state index in [4.69, 9.17) is 5.84 Å². The van der Waals surface area contributed by atoms with Crippen LogP contribution in [0, 0.1) is 11.8 Å². The molecule has 1 heterocycles.